The van der Waals surface area contributed by atoms with E-state index in [2.05, 4.69) is 4.98 Å². The number of aromatic nitrogens is 1. The molecule has 1 aromatic carbocycles. The van der Waals surface area contributed by atoms with E-state index in [1.165, 1.54) is 12.1 Å². The average molecular weight is 249 g/mol. The minimum atomic E-state index is -0.966. The van der Waals surface area contributed by atoms with E-state index < -0.39 is 5.97 Å². The maximum atomic E-state index is 10.8. The molecular formula is C13H15NO4. The summed E-state index contributed by atoms with van der Waals surface area (Å²) in [5.74, 6) is -0.349. The van der Waals surface area contributed by atoms with Crippen molar-refractivity contribution in [3.8, 4) is 0 Å². The number of nitrogens with zero attached hydrogens (tertiary/aromatic N) is 1. The number of benzene rings is 1. The first-order valence-electron chi connectivity index (χ1n) is 5.91. The van der Waals surface area contributed by atoms with Gasteiger partial charge in [0.2, 0.25) is 0 Å². The Morgan fingerprint density at radius 3 is 3.06 bits per heavy atom. The first-order valence-corrected chi connectivity index (χ1v) is 5.91. The van der Waals surface area contributed by atoms with Crippen LogP contribution in [-0.4, -0.2) is 29.3 Å². The Labute approximate surface area is 104 Å². The zero-order valence-corrected chi connectivity index (χ0v) is 10.2. The molecule has 0 spiro atoms. The van der Waals surface area contributed by atoms with Gasteiger partial charge in [-0.25, -0.2) is 9.78 Å². The summed E-state index contributed by atoms with van der Waals surface area (Å²) in [6.45, 7) is 3.33. The molecule has 5 nitrogen and oxygen atoms in total. The average Bonchev–Trinajstić information content (AvgIpc) is 2.76. The zero-order chi connectivity index (χ0) is 13.0. The molecule has 0 saturated carbocycles. The molecule has 0 aliphatic heterocycles. The maximum Gasteiger partial charge on any atom is 0.335 e. The van der Waals surface area contributed by atoms with Gasteiger partial charge in [0.1, 0.15) is 5.52 Å². The van der Waals surface area contributed by atoms with Gasteiger partial charge in [0.05, 0.1) is 5.56 Å². The van der Waals surface area contributed by atoms with Gasteiger partial charge in [0.15, 0.2) is 11.5 Å². The molecule has 0 amide bonds. The topological polar surface area (TPSA) is 72.6 Å². The van der Waals surface area contributed by atoms with Crippen molar-refractivity contribution in [3.63, 3.8) is 0 Å². The van der Waals surface area contributed by atoms with E-state index in [9.17, 15) is 4.79 Å². The van der Waals surface area contributed by atoms with Gasteiger partial charge in [-0.1, -0.05) is 0 Å². The summed E-state index contributed by atoms with van der Waals surface area (Å²) in [4.78, 5) is 15.1. The number of carboxylic acid groups (broad SMARTS) is 1. The van der Waals surface area contributed by atoms with Crippen molar-refractivity contribution < 1.29 is 19.1 Å². The molecule has 1 aromatic heterocycles. The molecule has 5 heteroatoms. The number of oxazole rings is 1. The Hall–Kier alpha value is -1.88. The molecule has 2 aromatic rings. The van der Waals surface area contributed by atoms with Crippen LogP contribution in [0.3, 0.4) is 0 Å². The van der Waals surface area contributed by atoms with E-state index in [0.717, 1.165) is 6.42 Å². The first kappa shape index (κ1) is 12.6. The van der Waals surface area contributed by atoms with E-state index in [-0.39, 0.29) is 5.56 Å². The van der Waals surface area contributed by atoms with Crippen molar-refractivity contribution in [1.82, 2.24) is 4.98 Å². The van der Waals surface area contributed by atoms with Gasteiger partial charge in [-0.05, 0) is 31.5 Å². The summed E-state index contributed by atoms with van der Waals surface area (Å²) in [5, 5.41) is 8.87. The highest BCUT2D eigenvalue weighted by Gasteiger charge is 2.09. The van der Waals surface area contributed by atoms with Crippen molar-refractivity contribution in [3.05, 3.63) is 29.7 Å². The normalized spacial score (nSPS) is 10.9. The van der Waals surface area contributed by atoms with Crippen LogP contribution in [0.15, 0.2) is 22.6 Å². The van der Waals surface area contributed by atoms with Crippen LogP contribution in [0.1, 0.15) is 29.6 Å². The van der Waals surface area contributed by atoms with Gasteiger partial charge in [0.25, 0.3) is 0 Å². The zero-order valence-electron chi connectivity index (χ0n) is 10.2. The molecule has 96 valence electrons. The van der Waals surface area contributed by atoms with Gasteiger partial charge in [-0.15, -0.1) is 0 Å². The molecular weight excluding hydrogens is 234 g/mol. The number of hydrogen-bond acceptors (Lipinski definition) is 4. The van der Waals surface area contributed by atoms with Crippen molar-refractivity contribution in [1.29, 1.82) is 0 Å². The summed E-state index contributed by atoms with van der Waals surface area (Å²) in [6, 6.07) is 4.68. The SMILES string of the molecule is CCOCCCc1nc2ccc(C(=O)O)cc2o1. The smallest absolute Gasteiger partial charge is 0.335 e. The van der Waals surface area contributed by atoms with Gasteiger partial charge >= 0.3 is 5.97 Å². The van der Waals surface area contributed by atoms with Crippen LogP contribution >= 0.6 is 0 Å². The van der Waals surface area contributed by atoms with E-state index >= 15 is 0 Å². The molecule has 0 fully saturated rings. The van der Waals surface area contributed by atoms with E-state index in [1.807, 2.05) is 6.92 Å². The van der Waals surface area contributed by atoms with Crippen molar-refractivity contribution in [2.45, 2.75) is 19.8 Å². The number of ether oxygens (including phenoxy) is 1. The fraction of sp³-hybridized carbons (Fsp3) is 0.385. The third-order valence-electron chi connectivity index (χ3n) is 2.56. The van der Waals surface area contributed by atoms with Crippen LogP contribution in [0.4, 0.5) is 0 Å². The number of fused-ring (bicyclic) bond motifs is 1. The molecule has 0 saturated heterocycles. The number of carbonyl (C=O) groups is 1. The molecule has 1 heterocycles. The third kappa shape index (κ3) is 2.87. The summed E-state index contributed by atoms with van der Waals surface area (Å²) >= 11 is 0. The van der Waals surface area contributed by atoms with Crippen LogP contribution in [0.5, 0.6) is 0 Å². The van der Waals surface area contributed by atoms with Gasteiger partial charge in [-0.3, -0.25) is 0 Å². The summed E-state index contributed by atoms with van der Waals surface area (Å²) in [5.41, 5.74) is 1.41. The van der Waals surface area contributed by atoms with Crippen LogP contribution in [0.2, 0.25) is 0 Å². The molecule has 0 radical (unpaired) electrons. The van der Waals surface area contributed by atoms with Gasteiger partial charge in [-0.2, -0.15) is 0 Å². The van der Waals surface area contributed by atoms with Crippen molar-refractivity contribution in [2.24, 2.45) is 0 Å². The third-order valence-corrected chi connectivity index (χ3v) is 2.56. The second-order valence-corrected chi connectivity index (χ2v) is 3.90. The first-order chi connectivity index (χ1) is 8.70. The Kier molecular flexibility index (Phi) is 3.94. The van der Waals surface area contributed by atoms with Gasteiger partial charge < -0.3 is 14.3 Å². The molecule has 0 aliphatic carbocycles. The monoisotopic (exact) mass is 249 g/mol. The largest absolute Gasteiger partial charge is 0.478 e. The quantitative estimate of drug-likeness (QED) is 0.796. The number of carboxylic acids is 1. The highest BCUT2D eigenvalue weighted by atomic mass is 16.5. The van der Waals surface area contributed by atoms with Crippen LogP contribution < -0.4 is 0 Å². The summed E-state index contributed by atoms with van der Waals surface area (Å²) in [7, 11) is 0. The molecule has 0 atom stereocenters. The Morgan fingerprint density at radius 2 is 2.33 bits per heavy atom. The van der Waals surface area contributed by atoms with E-state index in [1.54, 1.807) is 6.07 Å². The molecule has 0 unspecified atom stereocenters. The molecule has 18 heavy (non-hydrogen) atoms. The summed E-state index contributed by atoms with van der Waals surface area (Å²) < 4.78 is 10.7. The van der Waals surface area contributed by atoms with E-state index in [4.69, 9.17) is 14.3 Å². The highest BCUT2D eigenvalue weighted by Crippen LogP contribution is 2.18. The lowest BCUT2D eigenvalue weighted by molar-refractivity contribution is 0.0697. The number of aromatic carboxylic acids is 1. The number of rotatable bonds is 6. The molecule has 2 rings (SSSR count). The number of hydrogen-bond donors (Lipinski definition) is 1. The standard InChI is InChI=1S/C13H15NO4/c1-2-17-7-3-4-12-14-10-6-5-9(13(15)16)8-11(10)18-12/h5-6,8H,2-4,7H2,1H3,(H,15,16). The van der Waals surface area contributed by atoms with Crippen LogP contribution in [-0.2, 0) is 11.2 Å². The lowest BCUT2D eigenvalue weighted by atomic mass is 10.2. The predicted octanol–water partition coefficient (Wildman–Crippen LogP) is 2.50. The Balaban J connectivity index is 2.09. The van der Waals surface area contributed by atoms with Crippen molar-refractivity contribution in [2.75, 3.05) is 13.2 Å². The fourth-order valence-electron chi connectivity index (χ4n) is 1.68. The molecule has 0 bridgehead atoms. The van der Waals surface area contributed by atoms with Gasteiger partial charge in [0, 0.05) is 19.6 Å². The second-order valence-electron chi connectivity index (χ2n) is 3.90. The van der Waals surface area contributed by atoms with Crippen molar-refractivity contribution >= 4 is 17.1 Å². The summed E-state index contributed by atoms with van der Waals surface area (Å²) in [6.07, 6.45) is 1.53. The molecule has 0 aliphatic rings. The van der Waals surface area contributed by atoms with E-state index in [0.29, 0.717) is 36.6 Å². The maximum absolute atomic E-state index is 10.8. The minimum absolute atomic E-state index is 0.208. The lowest BCUT2D eigenvalue weighted by Crippen LogP contribution is -1.95. The lowest BCUT2D eigenvalue weighted by Gasteiger charge is -1.97. The fourth-order valence-corrected chi connectivity index (χ4v) is 1.68. The number of aryl methyl sites for hydroxylation is 1. The highest BCUT2D eigenvalue weighted by molar-refractivity contribution is 5.91. The molecule has 1 N–H and O–H groups in total. The predicted molar refractivity (Wildman–Crippen MR) is 65.8 cm³/mol. The Morgan fingerprint density at radius 1 is 1.50 bits per heavy atom. The van der Waals surface area contributed by atoms with Crippen LogP contribution in [0.25, 0.3) is 11.1 Å². The Bertz CT molecular complexity index is 547. The van der Waals surface area contributed by atoms with Crippen LogP contribution in [0, 0.1) is 0 Å². The minimum Gasteiger partial charge on any atom is -0.478 e. The second kappa shape index (κ2) is 5.64.